The standard InChI is InChI=1S/C12H23NO5/c1-6(15)13-8-10(17)9(16)7(5-14)18-11(8)12(2,3)4/h7-11,14,16-17H,5H2,1-4H3,(H,13,15)/t7?,8?,9-,10+,11-/m0/s1/i1T. The van der Waals surface area contributed by atoms with E-state index >= 15 is 0 Å². The van der Waals surface area contributed by atoms with Crippen LogP contribution in [-0.2, 0) is 9.53 Å². The van der Waals surface area contributed by atoms with E-state index in [2.05, 4.69) is 5.32 Å². The first-order chi connectivity index (χ1) is 8.72. The predicted molar refractivity (Wildman–Crippen MR) is 64.8 cm³/mol. The second-order valence-corrected chi connectivity index (χ2v) is 5.72. The van der Waals surface area contributed by atoms with Crippen molar-refractivity contribution in [2.24, 2.45) is 5.41 Å². The second kappa shape index (κ2) is 5.52. The molecular weight excluding hydrogens is 238 g/mol. The first-order valence-electron chi connectivity index (χ1n) is 6.64. The normalized spacial score (nSPS) is 38.1. The molecule has 5 atom stereocenters. The van der Waals surface area contributed by atoms with Crippen LogP contribution in [0.5, 0.6) is 0 Å². The van der Waals surface area contributed by atoms with Crippen LogP contribution in [0, 0.1) is 5.41 Å². The van der Waals surface area contributed by atoms with Crippen LogP contribution in [0.3, 0.4) is 0 Å². The lowest BCUT2D eigenvalue weighted by Gasteiger charge is -2.47. The Morgan fingerprint density at radius 2 is 2.00 bits per heavy atom. The second-order valence-electron chi connectivity index (χ2n) is 5.72. The van der Waals surface area contributed by atoms with Crippen molar-refractivity contribution in [1.82, 2.24) is 5.32 Å². The number of rotatable bonds is 2. The van der Waals surface area contributed by atoms with Crippen molar-refractivity contribution in [2.45, 2.75) is 58.1 Å². The van der Waals surface area contributed by atoms with Crippen molar-refractivity contribution in [3.05, 3.63) is 0 Å². The molecule has 1 aliphatic heterocycles. The molecule has 2 unspecified atom stereocenters. The summed E-state index contributed by atoms with van der Waals surface area (Å²) >= 11 is 0. The summed E-state index contributed by atoms with van der Waals surface area (Å²) in [5.41, 5.74) is -0.408. The molecule has 6 nitrogen and oxygen atoms in total. The Labute approximate surface area is 108 Å². The third kappa shape index (κ3) is 3.20. The van der Waals surface area contributed by atoms with Gasteiger partial charge < -0.3 is 25.4 Å². The van der Waals surface area contributed by atoms with Gasteiger partial charge in [-0.2, -0.15) is 0 Å². The van der Waals surface area contributed by atoms with Crippen LogP contribution >= 0.6 is 0 Å². The van der Waals surface area contributed by atoms with E-state index in [0.29, 0.717) is 0 Å². The van der Waals surface area contributed by atoms with E-state index in [-0.39, 0.29) is 0 Å². The van der Waals surface area contributed by atoms with Gasteiger partial charge in [0.05, 0.1) is 18.8 Å². The molecule has 1 fully saturated rings. The van der Waals surface area contributed by atoms with Crippen molar-refractivity contribution < 1.29 is 26.2 Å². The number of hydrogen-bond acceptors (Lipinski definition) is 5. The molecule has 0 bridgehead atoms. The number of hydrogen-bond donors (Lipinski definition) is 4. The third-order valence-corrected chi connectivity index (χ3v) is 3.11. The average Bonchev–Trinajstić information content (AvgIpc) is 2.33. The summed E-state index contributed by atoms with van der Waals surface area (Å²) in [7, 11) is 0. The maximum atomic E-state index is 11.4. The van der Waals surface area contributed by atoms with E-state index < -0.39 is 55.3 Å². The first-order valence-corrected chi connectivity index (χ1v) is 5.93. The molecule has 0 aromatic heterocycles. The van der Waals surface area contributed by atoms with Crippen molar-refractivity contribution in [3.63, 3.8) is 0 Å². The topological polar surface area (TPSA) is 99.0 Å². The van der Waals surface area contributed by atoms with E-state index in [4.69, 9.17) is 11.2 Å². The van der Waals surface area contributed by atoms with Gasteiger partial charge in [-0.1, -0.05) is 20.8 Å². The number of amides is 1. The van der Waals surface area contributed by atoms with Gasteiger partial charge in [0.1, 0.15) is 18.3 Å². The number of ether oxygens (including phenoxy) is 1. The molecule has 1 aliphatic rings. The molecule has 0 aromatic carbocycles. The third-order valence-electron chi connectivity index (χ3n) is 3.11. The molecule has 0 aliphatic carbocycles. The summed E-state index contributed by atoms with van der Waals surface area (Å²) in [6.45, 7) is 4.74. The van der Waals surface area contributed by atoms with Gasteiger partial charge in [-0.3, -0.25) is 4.79 Å². The van der Waals surface area contributed by atoms with Gasteiger partial charge in [0.2, 0.25) is 5.91 Å². The monoisotopic (exact) mass is 263 g/mol. The van der Waals surface area contributed by atoms with E-state index in [9.17, 15) is 15.0 Å². The zero-order valence-corrected chi connectivity index (χ0v) is 11.0. The molecule has 1 amide bonds. The van der Waals surface area contributed by atoms with Crippen molar-refractivity contribution >= 4 is 5.91 Å². The summed E-state index contributed by atoms with van der Waals surface area (Å²) in [5.74, 6) is -0.545. The molecule has 1 heterocycles. The lowest BCUT2D eigenvalue weighted by Crippen LogP contribution is -2.66. The van der Waals surface area contributed by atoms with Crippen LogP contribution in [0.2, 0.25) is 0 Å². The maximum Gasteiger partial charge on any atom is 0.217 e. The fraction of sp³-hybridized carbons (Fsp3) is 0.917. The van der Waals surface area contributed by atoms with Crippen LogP contribution in [0.25, 0.3) is 0 Å². The summed E-state index contributed by atoms with van der Waals surface area (Å²) in [5, 5.41) is 31.6. The molecule has 18 heavy (non-hydrogen) atoms. The lowest BCUT2D eigenvalue weighted by molar-refractivity contribution is -0.216. The first kappa shape index (κ1) is 13.7. The lowest BCUT2D eigenvalue weighted by atomic mass is 9.78. The minimum atomic E-state index is -1.28. The quantitative estimate of drug-likeness (QED) is 0.513. The molecule has 0 aromatic rings. The van der Waals surface area contributed by atoms with E-state index in [1.165, 1.54) is 0 Å². The van der Waals surface area contributed by atoms with E-state index in [0.717, 1.165) is 0 Å². The Morgan fingerprint density at radius 3 is 2.44 bits per heavy atom. The predicted octanol–water partition coefficient (Wildman–Crippen LogP) is -0.981. The molecule has 106 valence electrons. The zero-order chi connectivity index (χ0) is 14.8. The number of aliphatic hydroxyl groups is 3. The van der Waals surface area contributed by atoms with Gasteiger partial charge in [0, 0.05) is 8.27 Å². The molecule has 1 saturated heterocycles. The number of aliphatic hydroxyl groups excluding tert-OH is 3. The minimum Gasteiger partial charge on any atom is -0.394 e. The molecular formula is C12H23NO5. The smallest absolute Gasteiger partial charge is 0.217 e. The Morgan fingerprint density at radius 1 is 1.39 bits per heavy atom. The van der Waals surface area contributed by atoms with Crippen molar-refractivity contribution in [1.29, 1.82) is 0 Å². The Hall–Kier alpha value is -0.690. The van der Waals surface area contributed by atoms with Gasteiger partial charge in [-0.25, -0.2) is 0 Å². The van der Waals surface area contributed by atoms with E-state index in [1.54, 1.807) is 0 Å². The number of nitrogens with one attached hydrogen (secondary N) is 1. The van der Waals surface area contributed by atoms with Gasteiger partial charge in [-0.05, 0) is 5.41 Å². The highest BCUT2D eigenvalue weighted by Crippen LogP contribution is 2.32. The Balaban J connectivity index is 2.97. The van der Waals surface area contributed by atoms with Crippen LogP contribution in [0.15, 0.2) is 0 Å². The van der Waals surface area contributed by atoms with Crippen LogP contribution in [0.4, 0.5) is 0 Å². The highest BCUT2D eigenvalue weighted by Gasteiger charge is 2.48. The van der Waals surface area contributed by atoms with Gasteiger partial charge in [0.15, 0.2) is 0 Å². The largest absolute Gasteiger partial charge is 0.394 e. The highest BCUT2D eigenvalue weighted by molar-refractivity contribution is 5.73. The SMILES string of the molecule is [3H]CC(=O)NC1[C@@H](O)[C@@H](O)C(CO)O[C@@H]1C(C)(C)C. The van der Waals surface area contributed by atoms with Crippen LogP contribution in [-0.4, -0.2) is 58.3 Å². The summed E-state index contributed by atoms with van der Waals surface area (Å²) in [6.07, 6.45) is -3.98. The Bertz CT molecular complexity index is 320. The zero-order valence-electron chi connectivity index (χ0n) is 12.0. The molecule has 0 radical (unpaired) electrons. The average molecular weight is 263 g/mol. The minimum absolute atomic E-state index is 0.408. The van der Waals surface area contributed by atoms with Crippen LogP contribution < -0.4 is 5.32 Å². The van der Waals surface area contributed by atoms with Gasteiger partial charge >= 0.3 is 0 Å². The number of carbonyl (C=O) groups excluding carboxylic acids is 1. The molecule has 6 heteroatoms. The summed E-state index contributed by atoms with van der Waals surface area (Å²) in [6, 6.07) is -0.810. The summed E-state index contributed by atoms with van der Waals surface area (Å²) < 4.78 is 12.6. The summed E-state index contributed by atoms with van der Waals surface area (Å²) in [4.78, 5) is 11.4. The molecule has 0 spiro atoms. The fourth-order valence-corrected chi connectivity index (χ4v) is 2.21. The van der Waals surface area contributed by atoms with Crippen LogP contribution in [0.1, 0.15) is 29.0 Å². The number of carbonyl (C=O) groups is 1. The van der Waals surface area contributed by atoms with Crippen molar-refractivity contribution in [3.8, 4) is 0 Å². The van der Waals surface area contributed by atoms with Gasteiger partial charge in [0.25, 0.3) is 0 Å². The molecule has 1 rings (SSSR count). The molecule has 4 N–H and O–H groups in total. The van der Waals surface area contributed by atoms with Crippen molar-refractivity contribution in [2.75, 3.05) is 6.61 Å². The van der Waals surface area contributed by atoms with E-state index in [1.807, 2.05) is 20.8 Å². The maximum absolute atomic E-state index is 11.4. The molecule has 0 saturated carbocycles. The Kier molecular flexibility index (Phi) is 4.21. The highest BCUT2D eigenvalue weighted by atomic mass is 16.5. The fourth-order valence-electron chi connectivity index (χ4n) is 2.21. The van der Waals surface area contributed by atoms with Gasteiger partial charge in [-0.15, -0.1) is 0 Å².